The van der Waals surface area contributed by atoms with Crippen LogP contribution >= 0.6 is 58.4 Å². The maximum atomic E-state index is 12.6. The lowest BCUT2D eigenvalue weighted by Gasteiger charge is -2.27. The number of hydrogen-bond acceptors (Lipinski definition) is 5. The number of fused-ring (bicyclic) bond motifs is 1. The molecule has 0 spiro atoms. The lowest BCUT2D eigenvalue weighted by Crippen LogP contribution is -2.56. The van der Waals surface area contributed by atoms with Gasteiger partial charge in [-0.2, -0.15) is 5.26 Å². The quantitative estimate of drug-likeness (QED) is 0.296. The van der Waals surface area contributed by atoms with Gasteiger partial charge in [-0.05, 0) is 67.7 Å². The van der Waals surface area contributed by atoms with Crippen LogP contribution in [0.2, 0.25) is 0 Å². The Bertz CT molecular complexity index is 1010. The molecular weight excluding hydrogens is 499 g/mol. The van der Waals surface area contributed by atoms with Gasteiger partial charge in [-0.1, -0.05) is 34.8 Å². The number of benzene rings is 1. The van der Waals surface area contributed by atoms with E-state index in [9.17, 15) is 10.1 Å². The maximum absolute atomic E-state index is 12.6. The highest BCUT2D eigenvalue weighted by Crippen LogP contribution is 2.37. The summed E-state index contributed by atoms with van der Waals surface area (Å²) >= 11 is 25.1. The number of thiocarbonyl (C=S) groups is 1. The Morgan fingerprint density at radius 2 is 1.90 bits per heavy atom. The highest BCUT2D eigenvalue weighted by molar-refractivity contribution is 7.80. The smallest absolute Gasteiger partial charge is 0.252 e. The van der Waals surface area contributed by atoms with Crippen molar-refractivity contribution in [2.75, 3.05) is 12.4 Å². The van der Waals surface area contributed by atoms with Gasteiger partial charge in [0.05, 0.1) is 12.7 Å². The number of amides is 1. The monoisotopic (exact) mass is 516 g/mol. The molecule has 0 bridgehead atoms. The van der Waals surface area contributed by atoms with E-state index in [2.05, 4.69) is 22.0 Å². The van der Waals surface area contributed by atoms with Crippen LogP contribution in [0, 0.1) is 11.3 Å². The second kappa shape index (κ2) is 10.2. The molecule has 1 amide bonds. The minimum absolute atomic E-state index is 0.126. The molecule has 0 fully saturated rings. The number of hydrogen-bond donors (Lipinski definition) is 3. The minimum Gasteiger partial charge on any atom is -0.497 e. The molecule has 3 rings (SSSR count). The van der Waals surface area contributed by atoms with Crippen molar-refractivity contribution in [3.63, 3.8) is 0 Å². The van der Waals surface area contributed by atoms with Crippen LogP contribution in [-0.4, -0.2) is 28.1 Å². The number of nitrogens with one attached hydrogen (secondary N) is 3. The Morgan fingerprint density at radius 3 is 2.52 bits per heavy atom. The fourth-order valence-corrected chi connectivity index (χ4v) is 5.06. The van der Waals surface area contributed by atoms with E-state index in [4.69, 9.17) is 51.8 Å². The molecule has 1 aromatic carbocycles. The van der Waals surface area contributed by atoms with E-state index in [0.29, 0.717) is 21.9 Å². The third kappa shape index (κ3) is 5.93. The second-order valence-electron chi connectivity index (χ2n) is 6.80. The maximum Gasteiger partial charge on any atom is 0.252 e. The van der Waals surface area contributed by atoms with Crippen molar-refractivity contribution in [3.8, 4) is 11.8 Å². The van der Waals surface area contributed by atoms with Gasteiger partial charge in [0, 0.05) is 10.4 Å². The first-order chi connectivity index (χ1) is 14.7. The molecule has 0 unspecified atom stereocenters. The lowest BCUT2D eigenvalue weighted by molar-refractivity contribution is 0.0934. The number of anilines is 1. The average Bonchev–Trinajstić information content (AvgIpc) is 3.09. The molecule has 1 aliphatic rings. The van der Waals surface area contributed by atoms with Gasteiger partial charge in [0.15, 0.2) is 5.11 Å². The fraction of sp³-hybridized carbons (Fsp3) is 0.350. The molecule has 0 saturated heterocycles. The summed E-state index contributed by atoms with van der Waals surface area (Å²) in [7, 11) is 1.54. The second-order valence-corrected chi connectivity index (χ2v) is 10.7. The van der Waals surface area contributed by atoms with Crippen LogP contribution in [0.4, 0.5) is 5.00 Å². The van der Waals surface area contributed by atoms with Crippen molar-refractivity contribution in [2.24, 2.45) is 0 Å². The Kier molecular flexibility index (Phi) is 7.89. The number of halogens is 3. The van der Waals surface area contributed by atoms with Crippen molar-refractivity contribution in [1.29, 1.82) is 5.26 Å². The van der Waals surface area contributed by atoms with E-state index in [0.717, 1.165) is 31.2 Å². The van der Waals surface area contributed by atoms with Gasteiger partial charge >= 0.3 is 0 Å². The molecule has 0 saturated carbocycles. The van der Waals surface area contributed by atoms with Gasteiger partial charge < -0.3 is 20.7 Å². The van der Waals surface area contributed by atoms with E-state index in [1.54, 1.807) is 24.3 Å². The summed E-state index contributed by atoms with van der Waals surface area (Å²) in [5.74, 6) is 0.156. The molecule has 1 aromatic heterocycles. The van der Waals surface area contributed by atoms with Crippen LogP contribution in [0.15, 0.2) is 24.3 Å². The van der Waals surface area contributed by atoms with Crippen LogP contribution in [0.25, 0.3) is 0 Å². The molecule has 0 radical (unpaired) electrons. The molecule has 11 heteroatoms. The summed E-state index contributed by atoms with van der Waals surface area (Å²) in [6, 6.07) is 8.75. The first-order valence-corrected chi connectivity index (χ1v) is 11.7. The molecule has 3 N–H and O–H groups in total. The standard InChI is InChI=1S/C20H19Cl3N4O2S2/c1-29-12-8-6-11(7-9-12)16(28)25-18(20(21,22)23)27-19(30)26-17-14(10-24)13-4-2-3-5-15(13)31-17/h6-9,18H,2-5H2,1H3,(H,25,28)(H2,26,27,30)/t18-/m0/s1. The van der Waals surface area contributed by atoms with Gasteiger partial charge in [0.1, 0.15) is 23.0 Å². The van der Waals surface area contributed by atoms with Crippen LogP contribution < -0.4 is 20.7 Å². The van der Waals surface area contributed by atoms with E-state index in [1.807, 2.05) is 0 Å². The number of nitrogens with zero attached hydrogens (tertiary/aromatic N) is 1. The first kappa shape index (κ1) is 23.9. The molecular formula is C20H19Cl3N4O2S2. The molecule has 1 aliphatic carbocycles. The highest BCUT2D eigenvalue weighted by Gasteiger charge is 2.35. The molecule has 1 heterocycles. The van der Waals surface area contributed by atoms with Gasteiger partial charge in [0.25, 0.3) is 5.91 Å². The van der Waals surface area contributed by atoms with Crippen molar-refractivity contribution in [3.05, 3.63) is 45.8 Å². The summed E-state index contributed by atoms with van der Waals surface area (Å²) in [6.45, 7) is 0. The van der Waals surface area contributed by atoms with Gasteiger partial charge in [-0.25, -0.2) is 0 Å². The summed E-state index contributed by atoms with van der Waals surface area (Å²) < 4.78 is 3.20. The molecule has 1 atom stereocenters. The number of ether oxygens (including phenoxy) is 1. The summed E-state index contributed by atoms with van der Waals surface area (Å²) in [6.07, 6.45) is 2.88. The Balaban J connectivity index is 1.71. The Hall–Kier alpha value is -1.76. The summed E-state index contributed by atoms with van der Waals surface area (Å²) in [5, 5.41) is 18.8. The van der Waals surface area contributed by atoms with E-state index in [-0.39, 0.29) is 5.11 Å². The van der Waals surface area contributed by atoms with Crippen molar-refractivity contribution < 1.29 is 9.53 Å². The highest BCUT2D eigenvalue weighted by atomic mass is 35.6. The number of methoxy groups -OCH3 is 1. The van der Waals surface area contributed by atoms with E-state index < -0.39 is 15.9 Å². The Morgan fingerprint density at radius 1 is 1.23 bits per heavy atom. The van der Waals surface area contributed by atoms with Crippen LogP contribution in [0.1, 0.15) is 39.2 Å². The Labute approximate surface area is 204 Å². The molecule has 2 aromatic rings. The first-order valence-electron chi connectivity index (χ1n) is 9.36. The summed E-state index contributed by atoms with van der Waals surface area (Å²) in [4.78, 5) is 13.8. The zero-order valence-corrected chi connectivity index (χ0v) is 20.3. The van der Waals surface area contributed by atoms with Crippen molar-refractivity contribution in [2.45, 2.75) is 35.6 Å². The number of carbonyl (C=O) groups is 1. The van der Waals surface area contributed by atoms with Crippen LogP contribution in [0.5, 0.6) is 5.75 Å². The SMILES string of the molecule is COc1ccc(C(=O)N[C@@H](NC(=S)Nc2sc3c(c2C#N)CCCC3)C(Cl)(Cl)Cl)cc1. The van der Waals surface area contributed by atoms with Gasteiger partial charge in [-0.15, -0.1) is 11.3 Å². The average molecular weight is 518 g/mol. The largest absolute Gasteiger partial charge is 0.497 e. The molecule has 31 heavy (non-hydrogen) atoms. The van der Waals surface area contributed by atoms with Crippen LogP contribution in [0.3, 0.4) is 0 Å². The van der Waals surface area contributed by atoms with E-state index >= 15 is 0 Å². The topological polar surface area (TPSA) is 86.2 Å². The molecule has 0 aliphatic heterocycles. The number of rotatable bonds is 5. The zero-order chi connectivity index (χ0) is 22.6. The normalized spacial score (nSPS) is 14.0. The third-order valence-electron chi connectivity index (χ3n) is 4.74. The van der Waals surface area contributed by atoms with E-state index in [1.165, 1.54) is 23.3 Å². The summed E-state index contributed by atoms with van der Waals surface area (Å²) in [5.41, 5.74) is 2.03. The van der Waals surface area contributed by atoms with Crippen molar-refractivity contribution in [1.82, 2.24) is 10.6 Å². The minimum atomic E-state index is -1.89. The number of nitriles is 1. The predicted molar refractivity (Wildman–Crippen MR) is 130 cm³/mol. The van der Waals surface area contributed by atoms with Gasteiger partial charge in [0.2, 0.25) is 3.79 Å². The number of alkyl halides is 3. The zero-order valence-electron chi connectivity index (χ0n) is 16.4. The molecule has 164 valence electrons. The third-order valence-corrected chi connectivity index (χ3v) is 6.82. The fourth-order valence-electron chi connectivity index (χ4n) is 3.20. The predicted octanol–water partition coefficient (Wildman–Crippen LogP) is 4.92. The lowest BCUT2D eigenvalue weighted by atomic mass is 9.96. The van der Waals surface area contributed by atoms with Crippen LogP contribution in [-0.2, 0) is 12.8 Å². The molecule has 6 nitrogen and oxygen atoms in total. The van der Waals surface area contributed by atoms with Crippen molar-refractivity contribution >= 4 is 74.4 Å². The number of thiophene rings is 1. The number of carbonyl (C=O) groups excluding carboxylic acids is 1. The van der Waals surface area contributed by atoms with Gasteiger partial charge in [-0.3, -0.25) is 4.79 Å². The number of aryl methyl sites for hydroxylation is 1.